The van der Waals surface area contributed by atoms with Gasteiger partial charge in [0.15, 0.2) is 0 Å². The Balaban J connectivity index is 2.53. The van der Waals surface area contributed by atoms with Crippen molar-refractivity contribution in [2.75, 3.05) is 20.1 Å². The van der Waals surface area contributed by atoms with E-state index < -0.39 is 6.04 Å². The zero-order valence-corrected chi connectivity index (χ0v) is 12.7. The van der Waals surface area contributed by atoms with Crippen molar-refractivity contribution in [1.29, 1.82) is 5.26 Å². The summed E-state index contributed by atoms with van der Waals surface area (Å²) in [5.41, 5.74) is 0.704. The van der Waals surface area contributed by atoms with Gasteiger partial charge in [0, 0.05) is 18.0 Å². The third kappa shape index (κ3) is 5.60. The SMILES string of the molecule is CCCN(C)CCC(=O)N[C@H](C#N)c1cccc(Cl)c1. The number of nitrogens with one attached hydrogen (secondary N) is 1. The molecule has 1 aromatic carbocycles. The van der Waals surface area contributed by atoms with E-state index in [4.69, 9.17) is 16.9 Å². The molecule has 0 saturated carbocycles. The van der Waals surface area contributed by atoms with Crippen LogP contribution in [-0.4, -0.2) is 30.9 Å². The Morgan fingerprint density at radius 2 is 2.25 bits per heavy atom. The highest BCUT2D eigenvalue weighted by Gasteiger charge is 2.14. The van der Waals surface area contributed by atoms with Crippen molar-refractivity contribution in [3.8, 4) is 6.07 Å². The molecule has 5 heteroatoms. The lowest BCUT2D eigenvalue weighted by Crippen LogP contribution is -2.31. The van der Waals surface area contributed by atoms with E-state index in [9.17, 15) is 4.79 Å². The van der Waals surface area contributed by atoms with Gasteiger partial charge in [-0.25, -0.2) is 0 Å². The number of hydrogen-bond donors (Lipinski definition) is 1. The number of amides is 1. The summed E-state index contributed by atoms with van der Waals surface area (Å²) in [6.45, 7) is 3.75. The van der Waals surface area contributed by atoms with Crippen molar-refractivity contribution in [3.05, 3.63) is 34.9 Å². The lowest BCUT2D eigenvalue weighted by Gasteiger charge is -2.16. The molecule has 1 aromatic rings. The Bertz CT molecular complexity index is 484. The van der Waals surface area contributed by atoms with Crippen LogP contribution >= 0.6 is 11.6 Å². The van der Waals surface area contributed by atoms with Crippen LogP contribution in [0, 0.1) is 11.3 Å². The van der Waals surface area contributed by atoms with E-state index in [1.54, 1.807) is 24.3 Å². The van der Waals surface area contributed by atoms with Crippen LogP contribution in [0.15, 0.2) is 24.3 Å². The highest BCUT2D eigenvalue weighted by Crippen LogP contribution is 2.17. The molecule has 1 atom stereocenters. The lowest BCUT2D eigenvalue weighted by molar-refractivity contribution is -0.121. The van der Waals surface area contributed by atoms with E-state index >= 15 is 0 Å². The minimum Gasteiger partial charge on any atom is -0.337 e. The summed E-state index contributed by atoms with van der Waals surface area (Å²) >= 11 is 5.89. The highest BCUT2D eigenvalue weighted by atomic mass is 35.5. The first-order chi connectivity index (χ1) is 9.56. The largest absolute Gasteiger partial charge is 0.337 e. The Morgan fingerprint density at radius 1 is 1.50 bits per heavy atom. The van der Waals surface area contributed by atoms with Gasteiger partial charge in [0.05, 0.1) is 6.07 Å². The van der Waals surface area contributed by atoms with Gasteiger partial charge in [-0.3, -0.25) is 4.79 Å². The number of nitrogens with zero attached hydrogens (tertiary/aromatic N) is 2. The van der Waals surface area contributed by atoms with Gasteiger partial charge >= 0.3 is 0 Å². The van der Waals surface area contributed by atoms with Crippen LogP contribution < -0.4 is 5.32 Å². The van der Waals surface area contributed by atoms with Gasteiger partial charge in [-0.15, -0.1) is 0 Å². The van der Waals surface area contributed by atoms with Crippen molar-refractivity contribution < 1.29 is 4.79 Å². The number of carbonyl (C=O) groups excluding carboxylic acids is 1. The molecule has 1 amide bonds. The molecule has 0 saturated heterocycles. The Labute approximate surface area is 125 Å². The minimum atomic E-state index is -0.655. The van der Waals surface area contributed by atoms with Crippen LogP contribution in [0.5, 0.6) is 0 Å². The Morgan fingerprint density at radius 3 is 2.85 bits per heavy atom. The predicted molar refractivity (Wildman–Crippen MR) is 80.4 cm³/mol. The quantitative estimate of drug-likeness (QED) is 0.841. The fraction of sp³-hybridized carbons (Fsp3) is 0.467. The molecule has 0 fully saturated rings. The maximum absolute atomic E-state index is 11.9. The van der Waals surface area contributed by atoms with E-state index in [1.165, 1.54) is 0 Å². The summed E-state index contributed by atoms with van der Waals surface area (Å²) in [7, 11) is 1.98. The smallest absolute Gasteiger partial charge is 0.222 e. The fourth-order valence-corrected chi connectivity index (χ4v) is 2.09. The maximum atomic E-state index is 11.9. The molecule has 0 aliphatic carbocycles. The molecule has 1 rings (SSSR count). The highest BCUT2D eigenvalue weighted by molar-refractivity contribution is 6.30. The molecule has 0 aliphatic heterocycles. The third-order valence-corrected chi connectivity index (χ3v) is 3.18. The second-order valence-electron chi connectivity index (χ2n) is 4.74. The van der Waals surface area contributed by atoms with Crippen LogP contribution in [0.2, 0.25) is 5.02 Å². The summed E-state index contributed by atoms with van der Waals surface area (Å²) < 4.78 is 0. The zero-order valence-electron chi connectivity index (χ0n) is 11.9. The van der Waals surface area contributed by atoms with E-state index in [0.717, 1.165) is 13.0 Å². The van der Waals surface area contributed by atoms with E-state index in [1.807, 2.05) is 7.05 Å². The van der Waals surface area contributed by atoms with Crippen LogP contribution in [0.1, 0.15) is 31.4 Å². The van der Waals surface area contributed by atoms with Gasteiger partial charge in [0.1, 0.15) is 6.04 Å². The van der Waals surface area contributed by atoms with Gasteiger partial charge in [-0.05, 0) is 37.7 Å². The normalized spacial score (nSPS) is 11.9. The van der Waals surface area contributed by atoms with E-state index in [-0.39, 0.29) is 5.91 Å². The molecule has 0 bridgehead atoms. The number of rotatable bonds is 7. The molecule has 0 aliphatic rings. The molecule has 0 unspecified atom stereocenters. The molecule has 4 nitrogen and oxygen atoms in total. The molecule has 0 spiro atoms. The van der Waals surface area contributed by atoms with Crippen LogP contribution in [0.25, 0.3) is 0 Å². The number of carbonyl (C=O) groups is 1. The monoisotopic (exact) mass is 293 g/mol. The number of benzene rings is 1. The number of nitriles is 1. The molecular weight excluding hydrogens is 274 g/mol. The standard InChI is InChI=1S/C15H20ClN3O/c1-3-8-19(2)9-7-15(20)18-14(11-17)12-5-4-6-13(16)10-12/h4-6,10,14H,3,7-9H2,1-2H3,(H,18,20)/t14-/m1/s1. The van der Waals surface area contributed by atoms with Gasteiger partial charge in [0.25, 0.3) is 0 Å². The molecule has 20 heavy (non-hydrogen) atoms. The third-order valence-electron chi connectivity index (χ3n) is 2.94. The second-order valence-corrected chi connectivity index (χ2v) is 5.17. The fourth-order valence-electron chi connectivity index (χ4n) is 1.90. The van der Waals surface area contributed by atoms with E-state index in [0.29, 0.717) is 23.6 Å². The summed E-state index contributed by atoms with van der Waals surface area (Å²) in [5, 5.41) is 12.4. The van der Waals surface area contributed by atoms with Crippen LogP contribution in [-0.2, 0) is 4.79 Å². The Kier molecular flexibility index (Phi) is 7.06. The summed E-state index contributed by atoms with van der Waals surface area (Å²) in [4.78, 5) is 14.0. The first-order valence-electron chi connectivity index (χ1n) is 6.69. The van der Waals surface area contributed by atoms with Crippen molar-refractivity contribution in [2.45, 2.75) is 25.8 Å². The molecule has 0 aromatic heterocycles. The zero-order chi connectivity index (χ0) is 15.0. The van der Waals surface area contributed by atoms with Gasteiger partial charge in [-0.2, -0.15) is 5.26 Å². The molecule has 1 N–H and O–H groups in total. The van der Waals surface area contributed by atoms with Crippen molar-refractivity contribution in [3.63, 3.8) is 0 Å². The summed E-state index contributed by atoms with van der Waals surface area (Å²) in [5.74, 6) is -0.125. The number of hydrogen-bond acceptors (Lipinski definition) is 3. The average molecular weight is 294 g/mol. The Hall–Kier alpha value is -1.57. The van der Waals surface area contributed by atoms with Crippen molar-refractivity contribution in [1.82, 2.24) is 10.2 Å². The van der Waals surface area contributed by atoms with Crippen molar-refractivity contribution in [2.24, 2.45) is 0 Å². The first kappa shape index (κ1) is 16.5. The van der Waals surface area contributed by atoms with Gasteiger partial charge in [0.2, 0.25) is 5.91 Å². The molecule has 108 valence electrons. The number of halogens is 1. The molecular formula is C15H20ClN3O. The van der Waals surface area contributed by atoms with Gasteiger partial charge < -0.3 is 10.2 Å². The van der Waals surface area contributed by atoms with Crippen molar-refractivity contribution >= 4 is 17.5 Å². The lowest BCUT2D eigenvalue weighted by atomic mass is 10.1. The molecule has 0 heterocycles. The molecule has 0 radical (unpaired) electrons. The van der Waals surface area contributed by atoms with Gasteiger partial charge in [-0.1, -0.05) is 30.7 Å². The minimum absolute atomic E-state index is 0.125. The van der Waals surface area contributed by atoms with Crippen LogP contribution in [0.4, 0.5) is 0 Å². The topological polar surface area (TPSA) is 56.1 Å². The summed E-state index contributed by atoms with van der Waals surface area (Å²) in [6.07, 6.45) is 1.44. The summed E-state index contributed by atoms with van der Waals surface area (Å²) in [6, 6.07) is 8.41. The second kappa shape index (κ2) is 8.57. The average Bonchev–Trinajstić information content (AvgIpc) is 2.43. The maximum Gasteiger partial charge on any atom is 0.222 e. The predicted octanol–water partition coefficient (Wildman–Crippen LogP) is 2.75. The van der Waals surface area contributed by atoms with E-state index in [2.05, 4.69) is 23.2 Å². The first-order valence-corrected chi connectivity index (χ1v) is 7.07. The van der Waals surface area contributed by atoms with Crippen LogP contribution in [0.3, 0.4) is 0 Å².